The van der Waals surface area contributed by atoms with Crippen LogP contribution >= 0.6 is 11.3 Å². The average molecular weight is 378 g/mol. The molecule has 5 rings (SSSR count). The van der Waals surface area contributed by atoms with E-state index in [1.165, 1.54) is 17.7 Å². The summed E-state index contributed by atoms with van der Waals surface area (Å²) >= 11 is 1.80. The molecule has 3 aromatic rings. The van der Waals surface area contributed by atoms with Crippen molar-refractivity contribution in [2.75, 3.05) is 26.2 Å². The summed E-state index contributed by atoms with van der Waals surface area (Å²) in [6.07, 6.45) is 2.39. The molecule has 1 aromatic carbocycles. The van der Waals surface area contributed by atoms with E-state index in [9.17, 15) is 4.79 Å². The van der Waals surface area contributed by atoms with Crippen molar-refractivity contribution in [2.24, 2.45) is 0 Å². The molecule has 2 aliphatic rings. The molecule has 2 fully saturated rings. The Balaban J connectivity index is 1.35. The number of amides is 1. The van der Waals surface area contributed by atoms with Gasteiger partial charge in [-0.1, -0.05) is 24.3 Å². The molecule has 0 radical (unpaired) electrons. The van der Waals surface area contributed by atoms with Crippen molar-refractivity contribution in [1.29, 1.82) is 0 Å². The van der Waals surface area contributed by atoms with Crippen LogP contribution in [0.25, 0.3) is 10.9 Å². The van der Waals surface area contributed by atoms with Gasteiger partial charge in [0.15, 0.2) is 0 Å². The Labute approximate surface area is 163 Å². The molecule has 1 aliphatic heterocycles. The van der Waals surface area contributed by atoms with E-state index in [0.29, 0.717) is 5.92 Å². The molecule has 5 heteroatoms. The summed E-state index contributed by atoms with van der Waals surface area (Å²) in [4.78, 5) is 24.0. The summed E-state index contributed by atoms with van der Waals surface area (Å²) in [6, 6.07) is 14.4. The van der Waals surface area contributed by atoms with Gasteiger partial charge < -0.3 is 4.90 Å². The van der Waals surface area contributed by atoms with Gasteiger partial charge in [0.25, 0.3) is 5.91 Å². The molecule has 138 valence electrons. The van der Waals surface area contributed by atoms with E-state index >= 15 is 0 Å². The average Bonchev–Trinajstić information content (AvgIpc) is 3.44. The number of carbonyl (C=O) groups is 1. The lowest BCUT2D eigenvalue weighted by Gasteiger charge is -2.34. The number of benzene rings is 1. The molecule has 0 atom stereocenters. The summed E-state index contributed by atoms with van der Waals surface area (Å²) in [5.74, 6) is 0.704. The Morgan fingerprint density at radius 3 is 2.63 bits per heavy atom. The van der Waals surface area contributed by atoms with Gasteiger partial charge in [-0.2, -0.15) is 0 Å². The third-order valence-electron chi connectivity index (χ3n) is 5.58. The number of hydrogen-bond donors (Lipinski definition) is 0. The van der Waals surface area contributed by atoms with Crippen LogP contribution in [0.15, 0.2) is 47.8 Å². The van der Waals surface area contributed by atoms with Crippen molar-refractivity contribution in [3.05, 3.63) is 64.0 Å². The Kier molecular flexibility index (Phi) is 4.42. The highest BCUT2D eigenvalue weighted by atomic mass is 32.1. The second-order valence-corrected chi connectivity index (χ2v) is 8.57. The highest BCUT2D eigenvalue weighted by molar-refractivity contribution is 7.09. The fraction of sp³-hybridized carbons (Fsp3) is 0.364. The number of nitrogens with zero attached hydrogens (tertiary/aromatic N) is 3. The predicted molar refractivity (Wildman–Crippen MR) is 109 cm³/mol. The monoisotopic (exact) mass is 377 g/mol. The number of pyridine rings is 1. The molecule has 4 nitrogen and oxygen atoms in total. The van der Waals surface area contributed by atoms with Crippen molar-refractivity contribution in [3.8, 4) is 0 Å². The molecule has 1 aliphatic carbocycles. The summed E-state index contributed by atoms with van der Waals surface area (Å²) in [6.45, 7) is 4.44. The van der Waals surface area contributed by atoms with Crippen molar-refractivity contribution in [2.45, 2.75) is 25.3 Å². The minimum absolute atomic E-state index is 0.159. The van der Waals surface area contributed by atoms with Gasteiger partial charge in [0, 0.05) is 54.6 Å². The second-order valence-electron chi connectivity index (χ2n) is 7.53. The van der Waals surface area contributed by atoms with Crippen LogP contribution in [0.1, 0.15) is 39.7 Å². The molecule has 1 saturated carbocycles. The van der Waals surface area contributed by atoms with E-state index < -0.39 is 0 Å². The Morgan fingerprint density at radius 1 is 1.07 bits per heavy atom. The highest BCUT2D eigenvalue weighted by Crippen LogP contribution is 2.40. The zero-order chi connectivity index (χ0) is 18.2. The van der Waals surface area contributed by atoms with Crippen molar-refractivity contribution in [3.63, 3.8) is 0 Å². The molecule has 1 saturated heterocycles. The fourth-order valence-corrected chi connectivity index (χ4v) is 4.61. The van der Waals surface area contributed by atoms with Crippen molar-refractivity contribution in [1.82, 2.24) is 14.8 Å². The Hall–Kier alpha value is -2.24. The fourth-order valence-electron chi connectivity index (χ4n) is 3.86. The number of para-hydroxylation sites is 1. The van der Waals surface area contributed by atoms with Gasteiger partial charge in [-0.25, -0.2) is 0 Å². The number of aromatic nitrogens is 1. The van der Waals surface area contributed by atoms with Gasteiger partial charge in [0.05, 0.1) is 11.1 Å². The number of piperazine rings is 1. The molecule has 0 unspecified atom stereocenters. The minimum Gasteiger partial charge on any atom is -0.336 e. The van der Waals surface area contributed by atoms with Crippen LogP contribution in [0.3, 0.4) is 0 Å². The highest BCUT2D eigenvalue weighted by Gasteiger charge is 2.29. The van der Waals surface area contributed by atoms with E-state index in [0.717, 1.165) is 54.9 Å². The smallest absolute Gasteiger partial charge is 0.254 e. The zero-order valence-electron chi connectivity index (χ0n) is 15.3. The predicted octanol–water partition coefficient (Wildman–Crippen LogP) is 4.13. The SMILES string of the molecule is O=C(c1cc(C2CC2)nc2ccccc12)N1CCN(Cc2cccs2)CC1. The van der Waals surface area contributed by atoms with Crippen LogP contribution in [0.4, 0.5) is 0 Å². The van der Waals surface area contributed by atoms with Gasteiger partial charge >= 0.3 is 0 Å². The first kappa shape index (κ1) is 16.9. The lowest BCUT2D eigenvalue weighted by atomic mass is 10.0. The molecule has 1 amide bonds. The van der Waals surface area contributed by atoms with Crippen LogP contribution in [0, 0.1) is 0 Å². The molecular weight excluding hydrogens is 354 g/mol. The van der Waals surface area contributed by atoms with Crippen LogP contribution in [-0.2, 0) is 6.54 Å². The van der Waals surface area contributed by atoms with Crippen LogP contribution < -0.4 is 0 Å². The maximum absolute atomic E-state index is 13.3. The first-order valence-electron chi connectivity index (χ1n) is 9.71. The number of carbonyl (C=O) groups excluding carboxylic acids is 1. The zero-order valence-corrected chi connectivity index (χ0v) is 16.1. The maximum atomic E-state index is 13.3. The lowest BCUT2D eigenvalue weighted by molar-refractivity contribution is 0.0631. The third kappa shape index (κ3) is 3.49. The van der Waals surface area contributed by atoms with Gasteiger partial charge in [-0.05, 0) is 36.4 Å². The number of fused-ring (bicyclic) bond motifs is 1. The second kappa shape index (κ2) is 7.06. The summed E-state index contributed by atoms with van der Waals surface area (Å²) in [7, 11) is 0. The first-order chi connectivity index (χ1) is 13.3. The van der Waals surface area contributed by atoms with E-state index in [-0.39, 0.29) is 5.91 Å². The molecule has 0 spiro atoms. The largest absolute Gasteiger partial charge is 0.336 e. The quantitative estimate of drug-likeness (QED) is 0.686. The Bertz CT molecular complexity index is 957. The molecule has 3 heterocycles. The normalized spacial score (nSPS) is 18.1. The van der Waals surface area contributed by atoms with E-state index in [1.54, 1.807) is 11.3 Å². The van der Waals surface area contributed by atoms with E-state index in [1.807, 2.05) is 29.2 Å². The van der Waals surface area contributed by atoms with Gasteiger partial charge in [0.1, 0.15) is 0 Å². The number of hydrogen-bond acceptors (Lipinski definition) is 4. The van der Waals surface area contributed by atoms with Crippen LogP contribution in [-0.4, -0.2) is 46.9 Å². The summed E-state index contributed by atoms with van der Waals surface area (Å²) in [5.41, 5.74) is 2.86. The topological polar surface area (TPSA) is 36.4 Å². The van der Waals surface area contributed by atoms with Gasteiger partial charge in [0.2, 0.25) is 0 Å². The number of rotatable bonds is 4. The molecule has 27 heavy (non-hydrogen) atoms. The maximum Gasteiger partial charge on any atom is 0.254 e. The standard InChI is InChI=1S/C22H23N3OS/c26-22(25-11-9-24(10-12-25)15-17-4-3-13-27-17)19-14-21(16-7-8-16)23-20-6-2-1-5-18(19)20/h1-6,13-14,16H,7-12,15H2. The molecular formula is C22H23N3OS. The van der Waals surface area contributed by atoms with Gasteiger partial charge in [-0.15, -0.1) is 11.3 Å². The summed E-state index contributed by atoms with van der Waals surface area (Å²) < 4.78 is 0. The van der Waals surface area contributed by atoms with E-state index in [2.05, 4.69) is 28.5 Å². The lowest BCUT2D eigenvalue weighted by Crippen LogP contribution is -2.48. The Morgan fingerprint density at radius 2 is 1.89 bits per heavy atom. The molecule has 2 aromatic heterocycles. The van der Waals surface area contributed by atoms with Gasteiger partial charge in [-0.3, -0.25) is 14.7 Å². The first-order valence-corrected chi connectivity index (χ1v) is 10.6. The summed E-state index contributed by atoms with van der Waals surface area (Å²) in [5, 5.41) is 3.11. The van der Waals surface area contributed by atoms with Crippen molar-refractivity contribution >= 4 is 28.1 Å². The van der Waals surface area contributed by atoms with Crippen LogP contribution in [0.5, 0.6) is 0 Å². The van der Waals surface area contributed by atoms with Crippen molar-refractivity contribution < 1.29 is 4.79 Å². The minimum atomic E-state index is 0.159. The molecule has 0 bridgehead atoms. The number of thiophene rings is 1. The van der Waals surface area contributed by atoms with E-state index in [4.69, 9.17) is 4.98 Å². The molecule has 0 N–H and O–H groups in total. The van der Waals surface area contributed by atoms with Crippen LogP contribution in [0.2, 0.25) is 0 Å². The third-order valence-corrected chi connectivity index (χ3v) is 6.44.